The van der Waals surface area contributed by atoms with E-state index in [1.165, 1.54) is 0 Å². The van der Waals surface area contributed by atoms with E-state index in [1.54, 1.807) is 17.4 Å². The first-order valence-electron chi connectivity index (χ1n) is 9.07. The molecule has 2 aromatic carbocycles. The van der Waals surface area contributed by atoms with E-state index >= 15 is 0 Å². The quantitative estimate of drug-likeness (QED) is 0.355. The lowest BCUT2D eigenvalue weighted by Gasteiger charge is -2.11. The summed E-state index contributed by atoms with van der Waals surface area (Å²) in [5.74, 6) is 0.600. The van der Waals surface area contributed by atoms with E-state index in [4.69, 9.17) is 0 Å². The summed E-state index contributed by atoms with van der Waals surface area (Å²) in [6.07, 6.45) is 1.91. The Morgan fingerprint density at radius 2 is 1.79 bits per heavy atom. The molecule has 0 fully saturated rings. The molecular weight excluding hydrogens is 380 g/mol. The average Bonchev–Trinajstić information content (AvgIpc) is 3.32. The van der Waals surface area contributed by atoms with Gasteiger partial charge in [0.2, 0.25) is 0 Å². The highest BCUT2D eigenvalue weighted by Crippen LogP contribution is 2.28. The third kappa shape index (κ3) is 3.49. The molecule has 5 aromatic rings. The van der Waals surface area contributed by atoms with Gasteiger partial charge in [-0.1, -0.05) is 6.07 Å². The van der Waals surface area contributed by atoms with Crippen molar-refractivity contribution < 1.29 is 0 Å². The predicted octanol–water partition coefficient (Wildman–Crippen LogP) is 5.84. The number of aromatic nitrogens is 3. The van der Waals surface area contributed by atoms with Gasteiger partial charge in [0.25, 0.3) is 0 Å². The smallest absolute Gasteiger partial charge is 0.144 e. The first kappa shape index (κ1) is 17.2. The molecule has 0 unspecified atom stereocenters. The number of hydrogen-bond donors (Lipinski definition) is 3. The molecule has 0 spiro atoms. The molecule has 29 heavy (non-hydrogen) atoms. The number of fused-ring (bicyclic) bond motifs is 2. The predicted molar refractivity (Wildman–Crippen MR) is 118 cm³/mol. The number of nitriles is 1. The van der Waals surface area contributed by atoms with E-state index in [9.17, 15) is 5.26 Å². The zero-order valence-corrected chi connectivity index (χ0v) is 16.3. The van der Waals surface area contributed by atoms with Crippen molar-refractivity contribution in [1.29, 1.82) is 5.26 Å². The van der Waals surface area contributed by atoms with Crippen LogP contribution in [0.3, 0.4) is 0 Å². The van der Waals surface area contributed by atoms with Crippen LogP contribution in [0.2, 0.25) is 0 Å². The molecule has 3 heterocycles. The maximum atomic E-state index is 9.39. The van der Waals surface area contributed by atoms with Crippen LogP contribution in [0, 0.1) is 18.3 Å². The number of rotatable bonds is 4. The summed E-state index contributed by atoms with van der Waals surface area (Å²) in [5.41, 5.74) is 4.93. The molecule has 7 heteroatoms. The highest BCUT2D eigenvalue weighted by molar-refractivity contribution is 7.18. The van der Waals surface area contributed by atoms with Crippen LogP contribution in [0.1, 0.15) is 10.7 Å². The SMILES string of the molecule is Cc1nc2cc(Nc3cc(C#N)nc(Nc4ccc5cc[nH]c5c4)c3)ccc2s1. The van der Waals surface area contributed by atoms with Crippen molar-refractivity contribution in [3.05, 3.63) is 71.5 Å². The summed E-state index contributed by atoms with van der Waals surface area (Å²) < 4.78 is 1.16. The van der Waals surface area contributed by atoms with Gasteiger partial charge in [-0.2, -0.15) is 5.26 Å². The van der Waals surface area contributed by atoms with Crippen LogP contribution >= 0.6 is 11.3 Å². The van der Waals surface area contributed by atoms with Gasteiger partial charge in [-0.25, -0.2) is 9.97 Å². The number of anilines is 4. The van der Waals surface area contributed by atoms with Gasteiger partial charge in [0.1, 0.15) is 17.6 Å². The molecule has 0 saturated heterocycles. The molecule has 0 saturated carbocycles. The molecule has 0 aliphatic carbocycles. The standard InChI is InChI=1S/C22H16N6S/c1-13-25-20-10-15(4-5-21(20)29-13)26-17-8-18(12-23)28-22(11-17)27-16-3-2-14-6-7-24-19(14)9-16/h2-11,24H,1H3,(H2,26,27,28). The van der Waals surface area contributed by atoms with Crippen LogP contribution < -0.4 is 10.6 Å². The molecule has 140 valence electrons. The van der Waals surface area contributed by atoms with Crippen molar-refractivity contribution in [2.24, 2.45) is 0 Å². The van der Waals surface area contributed by atoms with Gasteiger partial charge >= 0.3 is 0 Å². The van der Waals surface area contributed by atoms with Gasteiger partial charge in [-0.15, -0.1) is 11.3 Å². The van der Waals surface area contributed by atoms with E-state index in [0.717, 1.165) is 43.2 Å². The highest BCUT2D eigenvalue weighted by atomic mass is 32.1. The summed E-state index contributed by atoms with van der Waals surface area (Å²) in [6, 6.07) is 19.9. The number of H-pyrrole nitrogens is 1. The maximum Gasteiger partial charge on any atom is 0.144 e. The van der Waals surface area contributed by atoms with E-state index in [-0.39, 0.29) is 0 Å². The molecule has 0 aliphatic rings. The van der Waals surface area contributed by atoms with Gasteiger partial charge in [0.05, 0.1) is 15.2 Å². The lowest BCUT2D eigenvalue weighted by atomic mass is 10.2. The average molecular weight is 396 g/mol. The summed E-state index contributed by atoms with van der Waals surface area (Å²) in [6.45, 7) is 2.00. The lowest BCUT2D eigenvalue weighted by Crippen LogP contribution is -1.98. The number of pyridine rings is 1. The van der Waals surface area contributed by atoms with Crippen LogP contribution in [0.4, 0.5) is 22.9 Å². The Morgan fingerprint density at radius 1 is 0.931 bits per heavy atom. The van der Waals surface area contributed by atoms with Crippen LogP contribution in [0.25, 0.3) is 21.1 Å². The topological polar surface area (TPSA) is 89.4 Å². The van der Waals surface area contributed by atoms with Crippen LogP contribution in [-0.2, 0) is 0 Å². The summed E-state index contributed by atoms with van der Waals surface area (Å²) >= 11 is 1.67. The van der Waals surface area contributed by atoms with Crippen molar-refractivity contribution in [3.8, 4) is 6.07 Å². The fraction of sp³-hybridized carbons (Fsp3) is 0.0455. The van der Waals surface area contributed by atoms with Gasteiger partial charge in [-0.3, -0.25) is 0 Å². The summed E-state index contributed by atoms with van der Waals surface area (Å²) in [5, 5.41) is 18.2. The normalized spacial score (nSPS) is 10.9. The molecule has 0 radical (unpaired) electrons. The fourth-order valence-corrected chi connectivity index (χ4v) is 4.09. The first-order chi connectivity index (χ1) is 14.2. The Bertz CT molecular complexity index is 1390. The molecule has 0 bridgehead atoms. The van der Waals surface area contributed by atoms with E-state index in [1.807, 2.05) is 55.6 Å². The van der Waals surface area contributed by atoms with Crippen LogP contribution in [-0.4, -0.2) is 15.0 Å². The second-order valence-electron chi connectivity index (χ2n) is 6.68. The Labute approximate surface area is 170 Å². The molecular formula is C22H16N6S. The van der Waals surface area contributed by atoms with Crippen molar-refractivity contribution in [2.45, 2.75) is 6.92 Å². The summed E-state index contributed by atoms with van der Waals surface area (Å²) in [7, 11) is 0. The van der Waals surface area contributed by atoms with Gasteiger partial charge < -0.3 is 15.6 Å². The van der Waals surface area contributed by atoms with Gasteiger partial charge in [-0.05, 0) is 54.8 Å². The second kappa shape index (κ2) is 6.93. The number of nitrogens with one attached hydrogen (secondary N) is 3. The zero-order chi connectivity index (χ0) is 19.8. The number of thiazole rings is 1. The van der Waals surface area contributed by atoms with Crippen molar-refractivity contribution in [1.82, 2.24) is 15.0 Å². The monoisotopic (exact) mass is 396 g/mol. The Kier molecular flexibility index (Phi) is 4.12. The number of aryl methyl sites for hydroxylation is 1. The van der Waals surface area contributed by atoms with E-state index in [2.05, 4.69) is 37.7 Å². The Hall–Kier alpha value is -3.89. The largest absolute Gasteiger partial charge is 0.361 e. The number of benzene rings is 2. The van der Waals surface area contributed by atoms with Crippen molar-refractivity contribution in [3.63, 3.8) is 0 Å². The molecule has 0 aliphatic heterocycles. The minimum absolute atomic E-state index is 0.337. The van der Waals surface area contributed by atoms with Gasteiger partial charge in [0, 0.05) is 34.8 Å². The minimum Gasteiger partial charge on any atom is -0.361 e. The highest BCUT2D eigenvalue weighted by Gasteiger charge is 2.07. The van der Waals surface area contributed by atoms with Crippen LogP contribution in [0.5, 0.6) is 0 Å². The van der Waals surface area contributed by atoms with E-state index < -0.39 is 0 Å². The molecule has 0 atom stereocenters. The lowest BCUT2D eigenvalue weighted by molar-refractivity contribution is 1.25. The van der Waals surface area contributed by atoms with Crippen LogP contribution in [0.15, 0.2) is 60.8 Å². The molecule has 3 N–H and O–H groups in total. The van der Waals surface area contributed by atoms with Gasteiger partial charge in [0.15, 0.2) is 0 Å². The molecule has 3 aromatic heterocycles. The minimum atomic E-state index is 0.337. The van der Waals surface area contributed by atoms with E-state index in [0.29, 0.717) is 11.5 Å². The zero-order valence-electron chi connectivity index (χ0n) is 15.5. The number of nitrogens with zero attached hydrogens (tertiary/aromatic N) is 3. The third-order valence-electron chi connectivity index (χ3n) is 4.55. The maximum absolute atomic E-state index is 9.39. The first-order valence-corrected chi connectivity index (χ1v) is 9.88. The third-order valence-corrected chi connectivity index (χ3v) is 5.50. The number of aromatic amines is 1. The summed E-state index contributed by atoms with van der Waals surface area (Å²) in [4.78, 5) is 12.1. The Morgan fingerprint density at radius 3 is 2.69 bits per heavy atom. The number of hydrogen-bond acceptors (Lipinski definition) is 6. The second-order valence-corrected chi connectivity index (χ2v) is 7.92. The molecule has 0 amide bonds. The van der Waals surface area contributed by atoms with Crippen molar-refractivity contribution in [2.75, 3.05) is 10.6 Å². The fourth-order valence-electron chi connectivity index (χ4n) is 3.28. The Balaban J connectivity index is 1.45. The molecule has 5 rings (SSSR count). The van der Waals surface area contributed by atoms with Crippen molar-refractivity contribution >= 4 is 55.3 Å². The molecule has 6 nitrogen and oxygen atoms in total.